The summed E-state index contributed by atoms with van der Waals surface area (Å²) in [5.74, 6) is 1.07. The number of likely N-dealkylation sites (tertiary alicyclic amines) is 1. The molecule has 2 heterocycles. The van der Waals surface area contributed by atoms with Crippen LogP contribution in [0.3, 0.4) is 0 Å². The number of nitrogens with zero attached hydrogens (tertiary/aromatic N) is 2. The van der Waals surface area contributed by atoms with Gasteiger partial charge < -0.3 is 19.5 Å². The second-order valence-electron chi connectivity index (χ2n) is 7.57. The Morgan fingerprint density at radius 1 is 1.06 bits per heavy atom. The zero-order chi connectivity index (χ0) is 22.6. The van der Waals surface area contributed by atoms with Crippen LogP contribution in [0.4, 0.5) is 0 Å². The zero-order valence-electron chi connectivity index (χ0n) is 18.0. The Morgan fingerprint density at radius 2 is 1.71 bits per heavy atom. The van der Waals surface area contributed by atoms with Gasteiger partial charge in [-0.2, -0.15) is 0 Å². The average Bonchev–Trinajstić information content (AvgIpc) is 3.36. The Morgan fingerprint density at radius 3 is 2.32 bits per heavy atom. The lowest BCUT2D eigenvalue weighted by atomic mass is 10.0. The monoisotopic (exact) mass is 426 g/mol. The molecule has 1 aliphatic rings. The summed E-state index contributed by atoms with van der Waals surface area (Å²) in [6.45, 7) is 2.52. The number of fused-ring (bicyclic) bond motifs is 1. The summed E-state index contributed by atoms with van der Waals surface area (Å²) in [4.78, 5) is 21.5. The summed E-state index contributed by atoms with van der Waals surface area (Å²) in [5.41, 5.74) is 3.79. The van der Waals surface area contributed by atoms with E-state index in [1.54, 1.807) is 0 Å². The van der Waals surface area contributed by atoms with Gasteiger partial charge in [-0.1, -0.05) is 42.5 Å². The quantitative estimate of drug-likeness (QED) is 0.590. The van der Waals surface area contributed by atoms with Crippen LogP contribution >= 0.6 is 0 Å². The first-order valence-electron chi connectivity index (χ1n) is 10.1. The third-order valence-electron chi connectivity index (χ3n) is 5.06. The highest BCUT2D eigenvalue weighted by Gasteiger charge is 2.26. The van der Waals surface area contributed by atoms with E-state index >= 15 is 0 Å². The molecule has 2 N–H and O–H groups in total. The molecule has 0 amide bonds. The van der Waals surface area contributed by atoms with Gasteiger partial charge in [-0.05, 0) is 56.7 Å². The Balaban J connectivity index is 0.000000513. The summed E-state index contributed by atoms with van der Waals surface area (Å²) in [6.07, 6.45) is 2.48. The van der Waals surface area contributed by atoms with E-state index in [9.17, 15) is 0 Å². The van der Waals surface area contributed by atoms with E-state index in [1.807, 2.05) is 12.1 Å². The van der Waals surface area contributed by atoms with Crippen LogP contribution in [0, 0.1) is 0 Å². The van der Waals surface area contributed by atoms with Gasteiger partial charge in [-0.25, -0.2) is 0 Å². The van der Waals surface area contributed by atoms with Gasteiger partial charge in [0.1, 0.15) is 11.3 Å². The van der Waals surface area contributed by atoms with Gasteiger partial charge in [0.05, 0.1) is 6.54 Å². The molecule has 4 rings (SSSR count). The van der Waals surface area contributed by atoms with Crippen LogP contribution in [0.25, 0.3) is 11.0 Å². The molecule has 0 aliphatic carbocycles. The molecule has 1 unspecified atom stereocenters. The fraction of sp³-hybridized carbons (Fsp3) is 0.333. The van der Waals surface area contributed by atoms with Crippen molar-refractivity contribution in [1.82, 2.24) is 9.80 Å². The topological polar surface area (TPSA) is 94.2 Å². The number of hydrogen-bond acceptors (Lipinski definition) is 5. The van der Waals surface area contributed by atoms with Gasteiger partial charge in [0.2, 0.25) is 0 Å². The number of furan rings is 1. The molecule has 0 spiro atoms. The Bertz CT molecular complexity index is 898. The van der Waals surface area contributed by atoms with E-state index in [0.29, 0.717) is 6.04 Å². The molecule has 7 nitrogen and oxygen atoms in total. The SMILES string of the molecule is CN(C)Cc1ccc(C2CCCN2Cc2cc3ccccc3o2)cc1.O=CO.O=CO. The van der Waals surface area contributed by atoms with Crippen LogP contribution in [-0.2, 0) is 22.7 Å². The van der Waals surface area contributed by atoms with Gasteiger partial charge in [-0.15, -0.1) is 0 Å². The maximum atomic E-state index is 8.36. The Labute approximate surface area is 182 Å². The van der Waals surface area contributed by atoms with E-state index in [4.69, 9.17) is 24.2 Å². The normalized spacial score (nSPS) is 15.6. The predicted molar refractivity (Wildman–Crippen MR) is 120 cm³/mol. The van der Waals surface area contributed by atoms with Gasteiger partial charge in [0.25, 0.3) is 12.9 Å². The average molecular weight is 427 g/mol. The van der Waals surface area contributed by atoms with Gasteiger partial charge >= 0.3 is 0 Å². The fourth-order valence-corrected chi connectivity index (χ4v) is 3.92. The molecule has 2 aromatic carbocycles. The number of carboxylic acid groups (broad SMARTS) is 2. The minimum atomic E-state index is -0.250. The zero-order valence-corrected chi connectivity index (χ0v) is 18.0. The summed E-state index contributed by atoms with van der Waals surface area (Å²) in [5, 5.41) is 15.0. The molecule has 1 aliphatic heterocycles. The highest BCUT2D eigenvalue weighted by Crippen LogP contribution is 2.34. The van der Waals surface area contributed by atoms with Gasteiger partial charge in [-0.3, -0.25) is 14.5 Å². The molecule has 0 bridgehead atoms. The van der Waals surface area contributed by atoms with Crippen LogP contribution < -0.4 is 0 Å². The van der Waals surface area contributed by atoms with E-state index in [0.717, 1.165) is 31.0 Å². The fourth-order valence-electron chi connectivity index (χ4n) is 3.92. The van der Waals surface area contributed by atoms with Crippen molar-refractivity contribution in [3.8, 4) is 0 Å². The second-order valence-corrected chi connectivity index (χ2v) is 7.57. The van der Waals surface area contributed by atoms with Crippen molar-refractivity contribution < 1.29 is 24.2 Å². The van der Waals surface area contributed by atoms with Crippen molar-refractivity contribution in [3.05, 3.63) is 71.5 Å². The molecule has 0 saturated carbocycles. The van der Waals surface area contributed by atoms with Crippen LogP contribution in [-0.4, -0.2) is 53.6 Å². The van der Waals surface area contributed by atoms with Crippen molar-refractivity contribution in [2.45, 2.75) is 32.0 Å². The Kier molecular flexibility index (Phi) is 9.74. The summed E-state index contributed by atoms with van der Waals surface area (Å²) in [6, 6.07) is 20.1. The van der Waals surface area contributed by atoms with E-state index < -0.39 is 0 Å². The molecular formula is C24H30N2O5. The minimum absolute atomic E-state index is 0.250. The lowest BCUT2D eigenvalue weighted by Crippen LogP contribution is -2.22. The minimum Gasteiger partial charge on any atom is -0.483 e. The Hall–Kier alpha value is -3.16. The van der Waals surface area contributed by atoms with E-state index in [-0.39, 0.29) is 12.9 Å². The molecule has 1 fully saturated rings. The van der Waals surface area contributed by atoms with Crippen LogP contribution in [0.5, 0.6) is 0 Å². The number of hydrogen-bond donors (Lipinski definition) is 2. The van der Waals surface area contributed by atoms with Crippen molar-refractivity contribution in [1.29, 1.82) is 0 Å². The maximum Gasteiger partial charge on any atom is 0.290 e. The molecule has 1 aromatic heterocycles. The summed E-state index contributed by atoms with van der Waals surface area (Å²) >= 11 is 0. The lowest BCUT2D eigenvalue weighted by molar-refractivity contribution is -0.123. The number of benzene rings is 2. The van der Waals surface area contributed by atoms with E-state index in [1.165, 1.54) is 29.4 Å². The van der Waals surface area contributed by atoms with Crippen LogP contribution in [0.1, 0.15) is 35.8 Å². The number of carbonyl (C=O) groups is 2. The molecule has 31 heavy (non-hydrogen) atoms. The largest absolute Gasteiger partial charge is 0.483 e. The standard InChI is InChI=1S/C22H26N2O.2CH2O2/c1-23(2)15-17-9-11-18(12-10-17)21-7-5-13-24(21)16-20-14-19-6-3-4-8-22(19)25-20;2*2-1-3/h3-4,6,8-12,14,21H,5,7,13,15-16H2,1-2H3;2*1H,(H,2,3). The highest BCUT2D eigenvalue weighted by atomic mass is 16.3. The number of rotatable bonds is 5. The first kappa shape index (κ1) is 24.1. The van der Waals surface area contributed by atoms with Crippen LogP contribution in [0.2, 0.25) is 0 Å². The van der Waals surface area contributed by atoms with Crippen LogP contribution in [0.15, 0.2) is 59.0 Å². The predicted octanol–water partition coefficient (Wildman–Crippen LogP) is 4.23. The molecule has 1 saturated heterocycles. The van der Waals surface area contributed by atoms with Crippen molar-refractivity contribution in [2.75, 3.05) is 20.6 Å². The summed E-state index contributed by atoms with van der Waals surface area (Å²) in [7, 11) is 4.22. The second kappa shape index (κ2) is 12.5. The molecule has 0 radical (unpaired) electrons. The van der Waals surface area contributed by atoms with E-state index in [2.05, 4.69) is 66.4 Å². The van der Waals surface area contributed by atoms with Gasteiger partial charge in [0, 0.05) is 18.0 Å². The van der Waals surface area contributed by atoms with Crippen molar-refractivity contribution in [2.24, 2.45) is 0 Å². The molecule has 1 atom stereocenters. The third-order valence-corrected chi connectivity index (χ3v) is 5.06. The van der Waals surface area contributed by atoms with Gasteiger partial charge in [0.15, 0.2) is 0 Å². The molecular weight excluding hydrogens is 396 g/mol. The molecule has 3 aromatic rings. The first-order chi connectivity index (χ1) is 15.0. The first-order valence-corrected chi connectivity index (χ1v) is 10.1. The maximum absolute atomic E-state index is 8.36. The molecule has 166 valence electrons. The third kappa shape index (κ3) is 7.24. The van der Waals surface area contributed by atoms with Crippen molar-refractivity contribution in [3.63, 3.8) is 0 Å². The van der Waals surface area contributed by atoms with Crippen molar-refractivity contribution >= 4 is 23.9 Å². The number of para-hydroxylation sites is 1. The highest BCUT2D eigenvalue weighted by molar-refractivity contribution is 5.77. The molecule has 7 heteroatoms. The lowest BCUT2D eigenvalue weighted by Gasteiger charge is -2.24. The summed E-state index contributed by atoms with van der Waals surface area (Å²) < 4.78 is 6.03. The smallest absolute Gasteiger partial charge is 0.290 e.